The van der Waals surface area contributed by atoms with Crippen LogP contribution in [0.1, 0.15) is 27.2 Å². The first kappa shape index (κ1) is 15.5. The third kappa shape index (κ3) is 7.43. The fourth-order valence-electron chi connectivity index (χ4n) is 1.15. The van der Waals surface area contributed by atoms with E-state index in [0.717, 1.165) is 0 Å². The van der Waals surface area contributed by atoms with Crippen molar-refractivity contribution >= 4 is 11.9 Å². The SMILES string of the molecule is CC(CN=NCC(C)C(C)C(=O)O)CC(=O)O. The summed E-state index contributed by atoms with van der Waals surface area (Å²) in [6.45, 7) is 5.94. The molecule has 0 amide bonds. The van der Waals surface area contributed by atoms with Gasteiger partial charge in [0.15, 0.2) is 0 Å². The Morgan fingerprint density at radius 1 is 1.06 bits per heavy atom. The first-order chi connectivity index (χ1) is 7.84. The molecule has 0 saturated heterocycles. The van der Waals surface area contributed by atoms with Crippen LogP contribution in [-0.4, -0.2) is 35.2 Å². The second kappa shape index (κ2) is 7.76. The number of hydrogen-bond donors (Lipinski definition) is 2. The summed E-state index contributed by atoms with van der Waals surface area (Å²) in [6, 6.07) is 0. The maximum absolute atomic E-state index is 10.7. The Morgan fingerprint density at radius 3 is 2.06 bits per heavy atom. The number of azo groups is 1. The Hall–Kier alpha value is -1.46. The number of rotatable bonds is 8. The molecule has 0 aromatic heterocycles. The number of hydrogen-bond acceptors (Lipinski definition) is 4. The molecule has 3 unspecified atom stereocenters. The van der Waals surface area contributed by atoms with E-state index in [9.17, 15) is 9.59 Å². The van der Waals surface area contributed by atoms with Gasteiger partial charge in [0.05, 0.1) is 19.0 Å². The fourth-order valence-corrected chi connectivity index (χ4v) is 1.15. The van der Waals surface area contributed by atoms with Crippen molar-refractivity contribution in [2.45, 2.75) is 27.2 Å². The zero-order valence-electron chi connectivity index (χ0n) is 10.5. The van der Waals surface area contributed by atoms with Gasteiger partial charge in [-0.1, -0.05) is 20.8 Å². The van der Waals surface area contributed by atoms with Gasteiger partial charge >= 0.3 is 11.9 Å². The molecule has 0 aliphatic rings. The molecular formula is C11H20N2O4. The lowest BCUT2D eigenvalue weighted by Gasteiger charge is -2.12. The van der Waals surface area contributed by atoms with E-state index in [1.807, 2.05) is 0 Å². The average molecular weight is 244 g/mol. The average Bonchev–Trinajstić information content (AvgIpc) is 2.21. The maximum Gasteiger partial charge on any atom is 0.306 e. The lowest BCUT2D eigenvalue weighted by atomic mass is 9.97. The van der Waals surface area contributed by atoms with Crippen molar-refractivity contribution in [1.29, 1.82) is 0 Å². The number of aliphatic carboxylic acids is 2. The summed E-state index contributed by atoms with van der Waals surface area (Å²) in [5.41, 5.74) is 0. The van der Waals surface area contributed by atoms with Gasteiger partial charge in [-0.3, -0.25) is 9.59 Å². The van der Waals surface area contributed by atoms with Gasteiger partial charge in [-0.2, -0.15) is 10.2 Å². The highest BCUT2D eigenvalue weighted by molar-refractivity contribution is 5.69. The lowest BCUT2D eigenvalue weighted by molar-refractivity contribution is -0.142. The van der Waals surface area contributed by atoms with Gasteiger partial charge < -0.3 is 10.2 Å². The summed E-state index contributed by atoms with van der Waals surface area (Å²) >= 11 is 0. The zero-order valence-corrected chi connectivity index (χ0v) is 10.5. The van der Waals surface area contributed by atoms with Crippen LogP contribution in [0, 0.1) is 17.8 Å². The molecular weight excluding hydrogens is 224 g/mol. The van der Waals surface area contributed by atoms with Crippen LogP contribution >= 0.6 is 0 Å². The van der Waals surface area contributed by atoms with Gasteiger partial charge in [0, 0.05) is 6.42 Å². The highest BCUT2D eigenvalue weighted by Gasteiger charge is 2.18. The summed E-state index contributed by atoms with van der Waals surface area (Å²) in [5.74, 6) is -2.27. The van der Waals surface area contributed by atoms with E-state index in [-0.39, 0.29) is 18.3 Å². The molecule has 6 heteroatoms. The molecule has 0 saturated carbocycles. The highest BCUT2D eigenvalue weighted by atomic mass is 16.4. The Kier molecular flexibility index (Phi) is 7.09. The molecule has 0 spiro atoms. The van der Waals surface area contributed by atoms with E-state index in [2.05, 4.69) is 10.2 Å². The molecule has 17 heavy (non-hydrogen) atoms. The molecule has 3 atom stereocenters. The molecule has 0 aromatic carbocycles. The summed E-state index contributed by atoms with van der Waals surface area (Å²) in [4.78, 5) is 21.0. The predicted molar refractivity (Wildman–Crippen MR) is 62.0 cm³/mol. The van der Waals surface area contributed by atoms with Crippen molar-refractivity contribution in [2.75, 3.05) is 13.1 Å². The molecule has 0 aliphatic heterocycles. The van der Waals surface area contributed by atoms with Gasteiger partial charge in [0.1, 0.15) is 0 Å². The molecule has 6 nitrogen and oxygen atoms in total. The van der Waals surface area contributed by atoms with Gasteiger partial charge in [-0.15, -0.1) is 0 Å². The van der Waals surface area contributed by atoms with Crippen molar-refractivity contribution in [3.05, 3.63) is 0 Å². The van der Waals surface area contributed by atoms with Crippen molar-refractivity contribution in [3.63, 3.8) is 0 Å². The largest absolute Gasteiger partial charge is 0.481 e. The summed E-state index contributed by atoms with van der Waals surface area (Å²) < 4.78 is 0. The predicted octanol–water partition coefficient (Wildman–Crippen LogP) is 1.91. The smallest absolute Gasteiger partial charge is 0.306 e. The van der Waals surface area contributed by atoms with E-state index in [1.165, 1.54) is 0 Å². The van der Waals surface area contributed by atoms with Gasteiger partial charge in [-0.25, -0.2) is 0 Å². The third-order valence-electron chi connectivity index (χ3n) is 2.63. The monoisotopic (exact) mass is 244 g/mol. The van der Waals surface area contributed by atoms with Crippen LogP contribution in [0.25, 0.3) is 0 Å². The van der Waals surface area contributed by atoms with E-state index >= 15 is 0 Å². The minimum absolute atomic E-state index is 0.0524. The molecule has 0 fully saturated rings. The molecule has 0 aliphatic carbocycles. The minimum atomic E-state index is -0.847. The quantitative estimate of drug-likeness (QED) is 0.637. The molecule has 0 aromatic rings. The Morgan fingerprint density at radius 2 is 1.59 bits per heavy atom. The molecule has 2 N–H and O–H groups in total. The second-order valence-electron chi connectivity index (χ2n) is 4.46. The Balaban J connectivity index is 3.87. The van der Waals surface area contributed by atoms with Gasteiger partial charge in [-0.05, 0) is 11.8 Å². The van der Waals surface area contributed by atoms with Crippen LogP contribution in [0.15, 0.2) is 10.2 Å². The number of nitrogens with zero attached hydrogens (tertiary/aromatic N) is 2. The molecule has 0 heterocycles. The minimum Gasteiger partial charge on any atom is -0.481 e. The highest BCUT2D eigenvalue weighted by Crippen LogP contribution is 2.11. The summed E-state index contributed by atoms with van der Waals surface area (Å²) in [7, 11) is 0. The molecule has 0 bridgehead atoms. The van der Waals surface area contributed by atoms with Crippen LogP contribution in [0.5, 0.6) is 0 Å². The van der Waals surface area contributed by atoms with E-state index in [1.54, 1.807) is 20.8 Å². The first-order valence-electron chi connectivity index (χ1n) is 5.62. The zero-order chi connectivity index (χ0) is 13.4. The van der Waals surface area contributed by atoms with Gasteiger partial charge in [0.2, 0.25) is 0 Å². The normalized spacial score (nSPS) is 16.6. The molecule has 0 rings (SSSR count). The van der Waals surface area contributed by atoms with Gasteiger partial charge in [0.25, 0.3) is 0 Å². The lowest BCUT2D eigenvalue weighted by Crippen LogP contribution is -2.20. The van der Waals surface area contributed by atoms with Crippen LogP contribution in [0.2, 0.25) is 0 Å². The van der Waals surface area contributed by atoms with E-state index in [4.69, 9.17) is 10.2 Å². The topological polar surface area (TPSA) is 99.3 Å². The van der Waals surface area contributed by atoms with Crippen molar-refractivity contribution in [1.82, 2.24) is 0 Å². The van der Waals surface area contributed by atoms with Crippen LogP contribution < -0.4 is 0 Å². The summed E-state index contributed by atoms with van der Waals surface area (Å²) in [6.07, 6.45) is 0.0695. The summed E-state index contributed by atoms with van der Waals surface area (Å²) in [5, 5.41) is 25.0. The second-order valence-corrected chi connectivity index (χ2v) is 4.46. The Labute approximate surface area is 101 Å². The van der Waals surface area contributed by atoms with Crippen molar-refractivity contribution < 1.29 is 19.8 Å². The first-order valence-corrected chi connectivity index (χ1v) is 5.62. The van der Waals surface area contributed by atoms with Crippen LogP contribution in [0.4, 0.5) is 0 Å². The molecule has 0 radical (unpaired) electrons. The van der Waals surface area contributed by atoms with Crippen LogP contribution in [-0.2, 0) is 9.59 Å². The Bertz CT molecular complexity index is 291. The van der Waals surface area contributed by atoms with E-state index < -0.39 is 17.9 Å². The third-order valence-corrected chi connectivity index (χ3v) is 2.63. The van der Waals surface area contributed by atoms with Crippen molar-refractivity contribution in [2.24, 2.45) is 28.0 Å². The fraction of sp³-hybridized carbons (Fsp3) is 0.818. The van der Waals surface area contributed by atoms with Crippen LogP contribution in [0.3, 0.4) is 0 Å². The number of carbonyl (C=O) groups is 2. The van der Waals surface area contributed by atoms with E-state index in [0.29, 0.717) is 13.1 Å². The number of carboxylic acids is 2. The maximum atomic E-state index is 10.7. The standard InChI is InChI=1S/C11H20N2O4/c1-7(4-10(14)15)5-12-13-6-8(2)9(3)11(16)17/h7-9H,4-6H2,1-3H3,(H,14,15)(H,16,17). The van der Waals surface area contributed by atoms with Crippen molar-refractivity contribution in [3.8, 4) is 0 Å². The molecule has 98 valence electrons. The number of carboxylic acid groups (broad SMARTS) is 2.